The molecular weight excluding hydrogens is 352 g/mol. The van der Waals surface area contributed by atoms with Crippen molar-refractivity contribution in [3.05, 3.63) is 30.3 Å². The number of benzene rings is 1. The molecule has 0 saturated carbocycles. The predicted molar refractivity (Wildman–Crippen MR) is 112 cm³/mol. The van der Waals surface area contributed by atoms with Crippen LogP contribution in [0.3, 0.4) is 0 Å². The fourth-order valence-electron chi connectivity index (χ4n) is 4.27. The number of likely N-dealkylation sites (tertiary alicyclic amines) is 1. The Morgan fingerprint density at radius 3 is 2.39 bits per heavy atom. The van der Waals surface area contributed by atoms with Gasteiger partial charge in [0.1, 0.15) is 0 Å². The maximum Gasteiger partial charge on any atom is 0.243 e. The van der Waals surface area contributed by atoms with Crippen LogP contribution in [0.4, 0.5) is 5.69 Å². The lowest BCUT2D eigenvalue weighted by Crippen LogP contribution is -2.56. The lowest BCUT2D eigenvalue weighted by molar-refractivity contribution is -0.136. The first kappa shape index (κ1) is 20.8. The number of piperidine rings is 1. The summed E-state index contributed by atoms with van der Waals surface area (Å²) in [6.45, 7) is 8.85. The maximum absolute atomic E-state index is 12.9. The van der Waals surface area contributed by atoms with Crippen molar-refractivity contribution in [2.45, 2.75) is 45.2 Å². The average molecular weight is 387 g/mol. The number of anilines is 1. The van der Waals surface area contributed by atoms with Gasteiger partial charge < -0.3 is 9.80 Å². The highest BCUT2D eigenvalue weighted by Crippen LogP contribution is 2.18. The van der Waals surface area contributed by atoms with Gasteiger partial charge in [-0.25, -0.2) is 0 Å². The van der Waals surface area contributed by atoms with Crippen molar-refractivity contribution in [2.24, 2.45) is 0 Å². The molecule has 2 amide bonds. The van der Waals surface area contributed by atoms with E-state index < -0.39 is 0 Å². The van der Waals surface area contributed by atoms with Crippen LogP contribution < -0.4 is 4.90 Å². The number of carbonyl (C=O) groups is 2. The third-order valence-electron chi connectivity index (χ3n) is 6.27. The van der Waals surface area contributed by atoms with Crippen molar-refractivity contribution >= 4 is 17.5 Å². The lowest BCUT2D eigenvalue weighted by atomic mass is 10.0. The molecule has 2 saturated heterocycles. The van der Waals surface area contributed by atoms with Gasteiger partial charge in [-0.2, -0.15) is 0 Å². The number of nitrogens with zero attached hydrogens (tertiary/aromatic N) is 4. The highest BCUT2D eigenvalue weighted by Gasteiger charge is 2.30. The van der Waals surface area contributed by atoms with E-state index >= 15 is 0 Å². The SMILES string of the molecule is CC(C(=O)N(C)c1ccccc1)N1CCN(CC(=O)N2CCCCC2C)CC1. The number of hydrogen-bond acceptors (Lipinski definition) is 4. The first-order chi connectivity index (χ1) is 13.5. The summed E-state index contributed by atoms with van der Waals surface area (Å²) < 4.78 is 0. The molecule has 2 heterocycles. The van der Waals surface area contributed by atoms with Gasteiger partial charge in [-0.05, 0) is 45.2 Å². The minimum Gasteiger partial charge on any atom is -0.339 e. The quantitative estimate of drug-likeness (QED) is 0.777. The van der Waals surface area contributed by atoms with Gasteiger partial charge in [-0.15, -0.1) is 0 Å². The first-order valence-corrected chi connectivity index (χ1v) is 10.6. The van der Waals surface area contributed by atoms with E-state index in [9.17, 15) is 9.59 Å². The van der Waals surface area contributed by atoms with Crippen molar-refractivity contribution in [3.63, 3.8) is 0 Å². The van der Waals surface area contributed by atoms with Crippen LogP contribution in [-0.2, 0) is 9.59 Å². The zero-order valence-corrected chi connectivity index (χ0v) is 17.5. The Hall–Kier alpha value is -1.92. The Labute approximate surface area is 169 Å². The van der Waals surface area contributed by atoms with E-state index in [0.717, 1.165) is 51.3 Å². The molecule has 0 bridgehead atoms. The van der Waals surface area contributed by atoms with Gasteiger partial charge in [0.05, 0.1) is 12.6 Å². The summed E-state index contributed by atoms with van der Waals surface area (Å²) in [7, 11) is 1.84. The van der Waals surface area contributed by atoms with E-state index in [4.69, 9.17) is 0 Å². The van der Waals surface area contributed by atoms with E-state index in [0.29, 0.717) is 12.6 Å². The predicted octanol–water partition coefficient (Wildman–Crippen LogP) is 2.06. The molecule has 1 aromatic carbocycles. The van der Waals surface area contributed by atoms with Crippen LogP contribution in [-0.4, -0.2) is 84.9 Å². The van der Waals surface area contributed by atoms with Crippen molar-refractivity contribution in [3.8, 4) is 0 Å². The third-order valence-corrected chi connectivity index (χ3v) is 6.27. The Morgan fingerprint density at radius 1 is 1.07 bits per heavy atom. The van der Waals surface area contributed by atoms with Crippen LogP contribution in [0.5, 0.6) is 0 Å². The molecule has 6 heteroatoms. The molecule has 2 fully saturated rings. The van der Waals surface area contributed by atoms with E-state index in [2.05, 4.69) is 21.6 Å². The van der Waals surface area contributed by atoms with E-state index in [1.54, 1.807) is 4.90 Å². The molecular formula is C22H34N4O2. The molecule has 1 aromatic rings. The third kappa shape index (κ3) is 4.92. The van der Waals surface area contributed by atoms with Crippen molar-refractivity contribution in [2.75, 3.05) is 51.2 Å². The van der Waals surface area contributed by atoms with E-state index in [1.807, 2.05) is 44.3 Å². The second-order valence-electron chi connectivity index (χ2n) is 8.15. The summed E-state index contributed by atoms with van der Waals surface area (Å²) in [5.41, 5.74) is 0.916. The van der Waals surface area contributed by atoms with Crippen molar-refractivity contribution in [1.82, 2.24) is 14.7 Å². The van der Waals surface area contributed by atoms with Crippen LogP contribution in [0.15, 0.2) is 30.3 Å². The zero-order chi connectivity index (χ0) is 20.1. The molecule has 0 aliphatic carbocycles. The van der Waals surface area contributed by atoms with Crippen LogP contribution in [0.25, 0.3) is 0 Å². The molecule has 2 aliphatic rings. The molecule has 0 radical (unpaired) electrons. The summed E-state index contributed by atoms with van der Waals surface area (Å²) >= 11 is 0. The summed E-state index contributed by atoms with van der Waals surface area (Å²) in [5.74, 6) is 0.367. The van der Waals surface area contributed by atoms with Gasteiger partial charge in [-0.3, -0.25) is 19.4 Å². The van der Waals surface area contributed by atoms with E-state index in [-0.39, 0.29) is 17.9 Å². The van der Waals surface area contributed by atoms with Crippen molar-refractivity contribution in [1.29, 1.82) is 0 Å². The van der Waals surface area contributed by atoms with Crippen LogP contribution in [0, 0.1) is 0 Å². The minimum atomic E-state index is -0.162. The Kier molecular flexibility index (Phi) is 7.08. The van der Waals surface area contributed by atoms with Gasteiger partial charge in [0.25, 0.3) is 0 Å². The molecule has 6 nitrogen and oxygen atoms in total. The molecule has 0 aromatic heterocycles. The van der Waals surface area contributed by atoms with Crippen LogP contribution in [0.1, 0.15) is 33.1 Å². The van der Waals surface area contributed by atoms with Gasteiger partial charge in [0.15, 0.2) is 0 Å². The number of hydrogen-bond donors (Lipinski definition) is 0. The molecule has 0 spiro atoms. The monoisotopic (exact) mass is 386 g/mol. The van der Waals surface area contributed by atoms with Gasteiger partial charge in [0, 0.05) is 51.5 Å². The van der Waals surface area contributed by atoms with Gasteiger partial charge in [-0.1, -0.05) is 18.2 Å². The fourth-order valence-corrected chi connectivity index (χ4v) is 4.27. The molecule has 2 atom stereocenters. The van der Waals surface area contributed by atoms with Crippen LogP contribution >= 0.6 is 0 Å². The summed E-state index contributed by atoms with van der Waals surface area (Å²) in [5, 5.41) is 0. The number of para-hydroxylation sites is 1. The molecule has 0 N–H and O–H groups in total. The topological polar surface area (TPSA) is 47.1 Å². The van der Waals surface area contributed by atoms with Crippen LogP contribution in [0.2, 0.25) is 0 Å². The highest BCUT2D eigenvalue weighted by molar-refractivity contribution is 5.96. The highest BCUT2D eigenvalue weighted by atomic mass is 16.2. The second-order valence-corrected chi connectivity index (χ2v) is 8.15. The van der Waals surface area contributed by atoms with E-state index in [1.165, 1.54) is 6.42 Å². The summed E-state index contributed by atoms with van der Waals surface area (Å²) in [4.78, 5) is 33.8. The second kappa shape index (κ2) is 9.52. The largest absolute Gasteiger partial charge is 0.339 e. The molecule has 28 heavy (non-hydrogen) atoms. The minimum absolute atomic E-state index is 0.109. The number of amides is 2. The average Bonchev–Trinajstić information content (AvgIpc) is 2.73. The molecule has 3 rings (SSSR count). The normalized spacial score (nSPS) is 22.7. The number of carbonyl (C=O) groups excluding carboxylic acids is 2. The lowest BCUT2D eigenvalue weighted by Gasteiger charge is -2.40. The standard InChI is InChI=1S/C22H34N4O2/c1-18-9-7-8-12-26(18)21(27)17-24-13-15-25(16-14-24)19(2)22(28)23(3)20-10-5-4-6-11-20/h4-6,10-11,18-19H,7-9,12-17H2,1-3H3. The maximum atomic E-state index is 12.9. The van der Waals surface area contributed by atoms with Crippen molar-refractivity contribution < 1.29 is 9.59 Å². The molecule has 2 aliphatic heterocycles. The first-order valence-electron chi connectivity index (χ1n) is 10.6. The van der Waals surface area contributed by atoms with Gasteiger partial charge in [0.2, 0.25) is 11.8 Å². The number of piperazine rings is 1. The summed E-state index contributed by atoms with van der Waals surface area (Å²) in [6.07, 6.45) is 3.47. The Bertz CT molecular complexity index is 658. The Balaban J connectivity index is 1.48. The fraction of sp³-hybridized carbons (Fsp3) is 0.636. The van der Waals surface area contributed by atoms with Gasteiger partial charge >= 0.3 is 0 Å². The Morgan fingerprint density at radius 2 is 1.75 bits per heavy atom. The summed E-state index contributed by atoms with van der Waals surface area (Å²) in [6, 6.07) is 9.96. The number of rotatable bonds is 5. The smallest absolute Gasteiger partial charge is 0.243 e. The molecule has 154 valence electrons. The number of likely N-dealkylation sites (N-methyl/N-ethyl adjacent to an activating group) is 1. The zero-order valence-electron chi connectivity index (χ0n) is 17.5. The molecule has 2 unspecified atom stereocenters.